The third kappa shape index (κ3) is 6.31. The molecule has 0 saturated carbocycles. The summed E-state index contributed by atoms with van der Waals surface area (Å²) >= 11 is 0. The van der Waals surface area contributed by atoms with Gasteiger partial charge in [0.1, 0.15) is 71.4 Å². The van der Waals surface area contributed by atoms with E-state index in [9.17, 15) is 40.2 Å². The first-order valence-electron chi connectivity index (χ1n) is 12.9. The molecule has 5 rings (SSSR count). The molecule has 0 spiro atoms. The van der Waals surface area contributed by atoms with E-state index in [0.717, 1.165) is 12.1 Å². The summed E-state index contributed by atoms with van der Waals surface area (Å²) in [5.41, 5.74) is 1.19. The highest BCUT2D eigenvalue weighted by molar-refractivity contribution is 6.02. The molecule has 6 atom stereocenters. The molecular formula is C30H28O12. The standard InChI is InChI=1S/C30H28O12/c31-17-6-1-15(2-7-17)3-10-25(35)39-14-24-27(36)28(37)29(38)30(42-24)40-19-11-20(33)26-21(34)13-22(41-23(26)12-19)16-4-8-18(32)9-5-16/h1-12,22,24,27-33,36-38H,13-14H2/b10-3+/t22-,24-,27-,28-,29-,30+/m0/s1. The maximum atomic E-state index is 12.8. The van der Waals surface area contributed by atoms with Crippen LogP contribution in [0.2, 0.25) is 0 Å². The molecule has 1 fully saturated rings. The Morgan fingerprint density at radius 2 is 1.57 bits per heavy atom. The highest BCUT2D eigenvalue weighted by atomic mass is 16.7. The summed E-state index contributed by atoms with van der Waals surface area (Å²) in [6.07, 6.45) is -6.12. The van der Waals surface area contributed by atoms with Gasteiger partial charge >= 0.3 is 5.97 Å². The van der Waals surface area contributed by atoms with E-state index in [-0.39, 0.29) is 40.8 Å². The second-order valence-electron chi connectivity index (χ2n) is 9.83. The van der Waals surface area contributed by atoms with Gasteiger partial charge in [-0.2, -0.15) is 0 Å². The zero-order chi connectivity index (χ0) is 30.0. The van der Waals surface area contributed by atoms with Crippen molar-refractivity contribution in [2.45, 2.75) is 43.2 Å². The number of fused-ring (bicyclic) bond motifs is 1. The SMILES string of the molecule is O=C(/C=C/c1ccc(O)cc1)OC[C@@H]1O[C@@H](Oc2cc(O)c3c(c2)O[C@H](c2ccc(O)cc2)CC3=O)[C@@H](O)[C@@H](O)[C@H]1O. The van der Waals surface area contributed by atoms with Crippen molar-refractivity contribution in [3.8, 4) is 28.7 Å². The third-order valence-corrected chi connectivity index (χ3v) is 6.85. The fraction of sp³-hybridized carbons (Fsp3) is 0.267. The number of ketones is 1. The molecule has 0 unspecified atom stereocenters. The summed E-state index contributed by atoms with van der Waals surface area (Å²) in [5, 5.41) is 60.7. The highest BCUT2D eigenvalue weighted by Gasteiger charge is 2.45. The van der Waals surface area contributed by atoms with E-state index >= 15 is 0 Å². The molecule has 0 aromatic heterocycles. The van der Waals surface area contributed by atoms with Crippen LogP contribution in [0.5, 0.6) is 28.7 Å². The number of phenolic OH excluding ortho intramolecular Hbond substituents is 3. The smallest absolute Gasteiger partial charge is 0.330 e. The molecule has 0 amide bonds. The summed E-state index contributed by atoms with van der Waals surface area (Å²) in [7, 11) is 0. The number of aliphatic hydroxyl groups excluding tert-OH is 3. The van der Waals surface area contributed by atoms with Crippen LogP contribution in [-0.4, -0.2) is 79.7 Å². The molecule has 2 aliphatic rings. The van der Waals surface area contributed by atoms with Gasteiger partial charge < -0.3 is 49.6 Å². The lowest BCUT2D eigenvalue weighted by atomic mass is 9.95. The second-order valence-corrected chi connectivity index (χ2v) is 9.83. The van der Waals surface area contributed by atoms with Gasteiger partial charge in [0.05, 0.1) is 6.42 Å². The van der Waals surface area contributed by atoms with Crippen LogP contribution in [0, 0.1) is 0 Å². The molecule has 2 heterocycles. The van der Waals surface area contributed by atoms with Crippen molar-refractivity contribution < 1.29 is 59.2 Å². The van der Waals surface area contributed by atoms with Gasteiger partial charge in [-0.15, -0.1) is 0 Å². The molecule has 3 aromatic carbocycles. The number of carbonyl (C=O) groups excluding carboxylic acids is 2. The summed E-state index contributed by atoms with van der Waals surface area (Å²) in [6, 6.07) is 14.6. The monoisotopic (exact) mass is 580 g/mol. The summed E-state index contributed by atoms with van der Waals surface area (Å²) in [4.78, 5) is 25.0. The van der Waals surface area contributed by atoms with Crippen molar-refractivity contribution in [1.82, 2.24) is 0 Å². The van der Waals surface area contributed by atoms with Crippen LogP contribution >= 0.6 is 0 Å². The normalized spacial score (nSPS) is 25.5. The number of benzene rings is 3. The number of rotatable bonds is 7. The molecule has 12 heteroatoms. The van der Waals surface area contributed by atoms with Gasteiger partial charge in [0, 0.05) is 18.2 Å². The first kappa shape index (κ1) is 28.9. The van der Waals surface area contributed by atoms with Crippen LogP contribution in [0.3, 0.4) is 0 Å². The third-order valence-electron chi connectivity index (χ3n) is 6.85. The molecular weight excluding hydrogens is 552 g/mol. The van der Waals surface area contributed by atoms with E-state index in [0.29, 0.717) is 11.1 Å². The van der Waals surface area contributed by atoms with Crippen molar-refractivity contribution >= 4 is 17.8 Å². The summed E-state index contributed by atoms with van der Waals surface area (Å²) in [5.74, 6) is -1.55. The molecule has 12 nitrogen and oxygen atoms in total. The van der Waals surface area contributed by atoms with E-state index in [4.69, 9.17) is 18.9 Å². The Hall–Kier alpha value is -4.62. The minimum atomic E-state index is -1.73. The van der Waals surface area contributed by atoms with Crippen LogP contribution in [0.4, 0.5) is 0 Å². The van der Waals surface area contributed by atoms with Crippen LogP contribution in [-0.2, 0) is 14.3 Å². The number of phenols is 3. The number of Topliss-reactive ketones (excluding diaryl/α,β-unsaturated/α-hetero) is 1. The average Bonchev–Trinajstić information content (AvgIpc) is 2.96. The van der Waals surface area contributed by atoms with Gasteiger partial charge in [0.15, 0.2) is 5.78 Å². The van der Waals surface area contributed by atoms with Gasteiger partial charge in [-0.05, 0) is 41.5 Å². The number of aliphatic hydroxyl groups is 3. The minimum Gasteiger partial charge on any atom is -0.508 e. The molecule has 1 saturated heterocycles. The van der Waals surface area contributed by atoms with Gasteiger partial charge in [-0.25, -0.2) is 4.79 Å². The summed E-state index contributed by atoms with van der Waals surface area (Å²) in [6.45, 7) is -0.495. The molecule has 0 aliphatic carbocycles. The quantitative estimate of drug-likeness (QED) is 0.176. The van der Waals surface area contributed by atoms with Gasteiger partial charge in [-0.3, -0.25) is 4.79 Å². The first-order chi connectivity index (χ1) is 20.1. The Labute approximate surface area is 239 Å². The Balaban J connectivity index is 1.26. The molecule has 2 aliphatic heterocycles. The molecule has 6 N–H and O–H groups in total. The Morgan fingerprint density at radius 1 is 0.905 bits per heavy atom. The number of hydrogen-bond donors (Lipinski definition) is 6. The maximum Gasteiger partial charge on any atom is 0.330 e. The van der Waals surface area contributed by atoms with Crippen molar-refractivity contribution in [1.29, 1.82) is 0 Å². The average molecular weight is 581 g/mol. The van der Waals surface area contributed by atoms with E-state index in [2.05, 4.69) is 0 Å². The van der Waals surface area contributed by atoms with E-state index in [1.54, 1.807) is 24.3 Å². The van der Waals surface area contributed by atoms with Crippen molar-refractivity contribution in [2.75, 3.05) is 6.61 Å². The van der Waals surface area contributed by atoms with Crippen LogP contribution in [0.25, 0.3) is 6.08 Å². The fourth-order valence-electron chi connectivity index (χ4n) is 4.61. The predicted octanol–water partition coefficient (Wildman–Crippen LogP) is 1.95. The van der Waals surface area contributed by atoms with Gasteiger partial charge in [0.25, 0.3) is 0 Å². The minimum absolute atomic E-state index is 0.0103. The van der Waals surface area contributed by atoms with Crippen molar-refractivity contribution in [3.05, 3.63) is 83.4 Å². The highest BCUT2D eigenvalue weighted by Crippen LogP contribution is 2.42. The van der Waals surface area contributed by atoms with Crippen LogP contribution < -0.4 is 9.47 Å². The lowest BCUT2D eigenvalue weighted by molar-refractivity contribution is -0.278. The fourth-order valence-corrected chi connectivity index (χ4v) is 4.61. The van der Waals surface area contributed by atoms with Crippen molar-refractivity contribution in [2.24, 2.45) is 0 Å². The Kier molecular flexibility index (Phi) is 8.31. The number of ether oxygens (including phenoxy) is 4. The van der Waals surface area contributed by atoms with Crippen LogP contribution in [0.1, 0.15) is 34.0 Å². The molecule has 0 bridgehead atoms. The Morgan fingerprint density at radius 3 is 2.26 bits per heavy atom. The number of carbonyl (C=O) groups is 2. The first-order valence-corrected chi connectivity index (χ1v) is 12.9. The zero-order valence-electron chi connectivity index (χ0n) is 21.9. The lowest BCUT2D eigenvalue weighted by Gasteiger charge is -2.40. The van der Waals surface area contributed by atoms with E-state index < -0.39 is 55.1 Å². The zero-order valence-corrected chi connectivity index (χ0v) is 21.9. The maximum absolute atomic E-state index is 12.8. The Bertz CT molecular complexity index is 1470. The number of esters is 1. The predicted molar refractivity (Wildman–Crippen MR) is 144 cm³/mol. The number of hydrogen-bond acceptors (Lipinski definition) is 12. The van der Waals surface area contributed by atoms with Gasteiger partial charge in [-0.1, -0.05) is 24.3 Å². The number of aromatic hydroxyl groups is 3. The second kappa shape index (κ2) is 12.1. The lowest BCUT2D eigenvalue weighted by Crippen LogP contribution is -2.60. The molecule has 42 heavy (non-hydrogen) atoms. The largest absolute Gasteiger partial charge is 0.508 e. The van der Waals surface area contributed by atoms with E-state index in [1.165, 1.54) is 36.4 Å². The molecule has 3 aromatic rings. The topological polar surface area (TPSA) is 192 Å². The molecule has 0 radical (unpaired) electrons. The van der Waals surface area contributed by atoms with Crippen LogP contribution in [0.15, 0.2) is 66.7 Å². The molecule has 220 valence electrons. The summed E-state index contributed by atoms with van der Waals surface area (Å²) < 4.78 is 22.3. The van der Waals surface area contributed by atoms with E-state index in [1.807, 2.05) is 0 Å². The van der Waals surface area contributed by atoms with Crippen molar-refractivity contribution in [3.63, 3.8) is 0 Å². The van der Waals surface area contributed by atoms with Gasteiger partial charge in [0.2, 0.25) is 6.29 Å².